The molecule has 0 spiro atoms. The van der Waals surface area contributed by atoms with Gasteiger partial charge in [0.15, 0.2) is 5.13 Å². The van der Waals surface area contributed by atoms with Gasteiger partial charge in [-0.15, -0.1) is 11.8 Å². The van der Waals surface area contributed by atoms with E-state index in [0.29, 0.717) is 35.5 Å². The fourth-order valence-corrected chi connectivity index (χ4v) is 5.12. The van der Waals surface area contributed by atoms with Crippen molar-refractivity contribution in [3.63, 3.8) is 0 Å². The lowest BCUT2D eigenvalue weighted by atomic mass is 10.2. The molecule has 0 saturated carbocycles. The minimum Gasteiger partial charge on any atom is -0.492 e. The summed E-state index contributed by atoms with van der Waals surface area (Å²) in [6.45, 7) is 2.93. The molecule has 0 atom stereocenters. The van der Waals surface area contributed by atoms with E-state index in [1.165, 1.54) is 11.3 Å². The van der Waals surface area contributed by atoms with Gasteiger partial charge in [-0.1, -0.05) is 35.1 Å². The first-order chi connectivity index (χ1) is 15.6. The van der Waals surface area contributed by atoms with Crippen molar-refractivity contribution >= 4 is 56.0 Å². The monoisotopic (exact) mass is 483 g/mol. The van der Waals surface area contributed by atoms with Crippen molar-refractivity contribution in [1.29, 1.82) is 0 Å². The Morgan fingerprint density at radius 3 is 2.75 bits per heavy atom. The molecule has 4 rings (SSSR count). The molecular formula is C24H22ClN3O2S2. The predicted molar refractivity (Wildman–Crippen MR) is 133 cm³/mol. The van der Waals surface area contributed by atoms with E-state index in [2.05, 4.69) is 4.98 Å². The second kappa shape index (κ2) is 10.8. The highest BCUT2D eigenvalue weighted by molar-refractivity contribution is 7.99. The van der Waals surface area contributed by atoms with E-state index in [4.69, 9.17) is 21.3 Å². The Balaban J connectivity index is 1.55. The average Bonchev–Trinajstić information content (AvgIpc) is 3.24. The van der Waals surface area contributed by atoms with Gasteiger partial charge in [0.25, 0.3) is 0 Å². The fraction of sp³-hybridized carbons (Fsp3) is 0.208. The number of hydrogen-bond acceptors (Lipinski definition) is 6. The number of carbonyl (C=O) groups excluding carboxylic acids is 1. The van der Waals surface area contributed by atoms with E-state index in [-0.39, 0.29) is 5.91 Å². The minimum absolute atomic E-state index is 0.0207. The van der Waals surface area contributed by atoms with Crippen LogP contribution in [0.15, 0.2) is 71.9 Å². The Labute approximate surface area is 200 Å². The smallest absolute Gasteiger partial charge is 0.229 e. The number of benzene rings is 2. The Morgan fingerprint density at radius 2 is 2.00 bits per heavy atom. The molecule has 0 aliphatic heterocycles. The largest absolute Gasteiger partial charge is 0.492 e. The maximum atomic E-state index is 13.3. The number of carbonyl (C=O) groups is 1. The molecule has 0 aliphatic carbocycles. The molecule has 0 N–H and O–H groups in total. The third-order valence-electron chi connectivity index (χ3n) is 4.66. The lowest BCUT2D eigenvalue weighted by Gasteiger charge is -2.20. The van der Waals surface area contributed by atoms with Crippen LogP contribution in [0.1, 0.15) is 18.9 Å². The number of thiazole rings is 1. The first kappa shape index (κ1) is 22.6. The Morgan fingerprint density at radius 1 is 1.16 bits per heavy atom. The molecule has 0 radical (unpaired) electrons. The second-order valence-electron chi connectivity index (χ2n) is 6.93. The first-order valence-corrected chi connectivity index (χ1v) is 12.4. The summed E-state index contributed by atoms with van der Waals surface area (Å²) >= 11 is 9.09. The van der Waals surface area contributed by atoms with Crippen LogP contribution in [0.3, 0.4) is 0 Å². The molecule has 0 saturated heterocycles. The molecule has 0 unspecified atom stereocenters. The molecule has 164 valence electrons. The maximum absolute atomic E-state index is 13.3. The molecule has 1 amide bonds. The van der Waals surface area contributed by atoms with Crippen molar-refractivity contribution in [3.8, 4) is 5.75 Å². The molecule has 32 heavy (non-hydrogen) atoms. The van der Waals surface area contributed by atoms with Crippen LogP contribution in [0.4, 0.5) is 5.13 Å². The minimum atomic E-state index is 0.0207. The lowest BCUT2D eigenvalue weighted by Crippen LogP contribution is -2.30. The zero-order chi connectivity index (χ0) is 22.3. The maximum Gasteiger partial charge on any atom is 0.229 e. The van der Waals surface area contributed by atoms with Crippen molar-refractivity contribution in [2.45, 2.75) is 24.8 Å². The molecule has 4 aromatic rings. The number of amides is 1. The zero-order valence-electron chi connectivity index (χ0n) is 17.5. The number of pyridine rings is 1. The van der Waals surface area contributed by atoms with Crippen LogP contribution in [0.2, 0.25) is 5.02 Å². The summed E-state index contributed by atoms with van der Waals surface area (Å²) in [5.74, 6) is 1.42. The number of para-hydroxylation sites is 1. The third kappa shape index (κ3) is 5.59. The van der Waals surface area contributed by atoms with Gasteiger partial charge in [-0.25, -0.2) is 4.98 Å². The summed E-state index contributed by atoms with van der Waals surface area (Å²) in [6.07, 6.45) is 3.90. The molecule has 0 aliphatic rings. The van der Waals surface area contributed by atoms with E-state index in [9.17, 15) is 4.79 Å². The van der Waals surface area contributed by atoms with Crippen molar-refractivity contribution in [3.05, 3.63) is 77.6 Å². The van der Waals surface area contributed by atoms with E-state index in [0.717, 1.165) is 26.4 Å². The number of nitrogens with zero attached hydrogens (tertiary/aromatic N) is 3. The quantitative estimate of drug-likeness (QED) is 0.256. The normalized spacial score (nSPS) is 10.9. The van der Waals surface area contributed by atoms with Gasteiger partial charge in [0.1, 0.15) is 11.3 Å². The molecule has 0 fully saturated rings. The molecule has 0 bridgehead atoms. The average molecular weight is 484 g/mol. The van der Waals surface area contributed by atoms with E-state index >= 15 is 0 Å². The van der Waals surface area contributed by atoms with Gasteiger partial charge < -0.3 is 4.74 Å². The van der Waals surface area contributed by atoms with Crippen molar-refractivity contribution < 1.29 is 9.53 Å². The molecule has 2 aromatic heterocycles. The van der Waals surface area contributed by atoms with Gasteiger partial charge in [0.2, 0.25) is 5.91 Å². The van der Waals surface area contributed by atoms with Crippen LogP contribution in [-0.2, 0) is 11.3 Å². The van der Waals surface area contributed by atoms with E-state index in [1.807, 2.05) is 61.5 Å². The van der Waals surface area contributed by atoms with Gasteiger partial charge in [0.05, 0.1) is 17.9 Å². The first-order valence-electron chi connectivity index (χ1n) is 10.2. The fourth-order valence-electron chi connectivity index (χ4n) is 3.16. The highest BCUT2D eigenvalue weighted by atomic mass is 35.5. The van der Waals surface area contributed by atoms with Crippen LogP contribution in [0.25, 0.3) is 10.2 Å². The zero-order valence-corrected chi connectivity index (χ0v) is 19.9. The Hall–Kier alpha value is -2.61. The standard InChI is InChI=1S/C24H22ClN3O2S2/c1-2-30-20-6-3-7-21-23(20)27-24(32-21)28(16-17-5-4-13-26-15-17)22(29)12-14-31-19-10-8-18(25)9-11-19/h3-11,13,15H,2,12,14,16H2,1H3. The number of rotatable bonds is 9. The van der Waals surface area contributed by atoms with Crippen LogP contribution >= 0.6 is 34.7 Å². The Kier molecular flexibility index (Phi) is 7.63. The number of aromatic nitrogens is 2. The van der Waals surface area contributed by atoms with Crippen molar-refractivity contribution in [2.24, 2.45) is 0 Å². The van der Waals surface area contributed by atoms with Crippen LogP contribution in [0.5, 0.6) is 5.75 Å². The van der Waals surface area contributed by atoms with Gasteiger partial charge in [-0.3, -0.25) is 14.7 Å². The molecular weight excluding hydrogens is 462 g/mol. The summed E-state index contributed by atoms with van der Waals surface area (Å²) in [4.78, 5) is 25.1. The van der Waals surface area contributed by atoms with E-state index < -0.39 is 0 Å². The summed E-state index contributed by atoms with van der Waals surface area (Å²) in [5, 5.41) is 1.37. The summed E-state index contributed by atoms with van der Waals surface area (Å²) in [5.41, 5.74) is 1.74. The van der Waals surface area contributed by atoms with Gasteiger partial charge >= 0.3 is 0 Å². The SMILES string of the molecule is CCOc1cccc2sc(N(Cc3cccnc3)C(=O)CCSc3ccc(Cl)cc3)nc12. The van der Waals surface area contributed by atoms with Gasteiger partial charge in [-0.2, -0.15) is 0 Å². The highest BCUT2D eigenvalue weighted by Crippen LogP contribution is 2.35. The van der Waals surface area contributed by atoms with Crippen LogP contribution in [0, 0.1) is 0 Å². The third-order valence-corrected chi connectivity index (χ3v) is 6.97. The van der Waals surface area contributed by atoms with Crippen LogP contribution < -0.4 is 9.64 Å². The van der Waals surface area contributed by atoms with E-state index in [1.54, 1.807) is 29.1 Å². The summed E-state index contributed by atoms with van der Waals surface area (Å²) in [7, 11) is 0. The number of anilines is 1. The van der Waals surface area contributed by atoms with Crippen LogP contribution in [-0.4, -0.2) is 28.2 Å². The number of thioether (sulfide) groups is 1. The molecule has 2 heterocycles. The van der Waals surface area contributed by atoms with Crippen molar-refractivity contribution in [2.75, 3.05) is 17.3 Å². The number of fused-ring (bicyclic) bond motifs is 1. The molecule has 2 aromatic carbocycles. The second-order valence-corrected chi connectivity index (χ2v) is 9.54. The number of halogens is 1. The Bertz CT molecular complexity index is 1180. The topological polar surface area (TPSA) is 55.3 Å². The summed E-state index contributed by atoms with van der Waals surface area (Å²) in [6, 6.07) is 17.4. The summed E-state index contributed by atoms with van der Waals surface area (Å²) < 4.78 is 6.72. The lowest BCUT2D eigenvalue weighted by molar-refractivity contribution is -0.118. The predicted octanol–water partition coefficient (Wildman–Crippen LogP) is 6.46. The van der Waals surface area contributed by atoms with Gasteiger partial charge in [-0.05, 0) is 55.0 Å². The van der Waals surface area contributed by atoms with Crippen molar-refractivity contribution in [1.82, 2.24) is 9.97 Å². The molecule has 5 nitrogen and oxygen atoms in total. The van der Waals surface area contributed by atoms with Gasteiger partial charge in [0, 0.05) is 34.5 Å². The highest BCUT2D eigenvalue weighted by Gasteiger charge is 2.21. The molecule has 8 heteroatoms. The number of ether oxygens (including phenoxy) is 1. The number of hydrogen-bond donors (Lipinski definition) is 0.